The van der Waals surface area contributed by atoms with Gasteiger partial charge < -0.3 is 0 Å². The maximum Gasteiger partial charge on any atom is 0.242 e. The minimum Gasteiger partial charge on any atom is -0.208 e. The lowest BCUT2D eigenvalue weighted by Gasteiger charge is -2.32. The summed E-state index contributed by atoms with van der Waals surface area (Å²) in [7, 11) is -3.71. The lowest BCUT2D eigenvalue weighted by Crippen LogP contribution is -2.42. The number of nitrogens with one attached hydrogen (secondary N) is 1. The Morgan fingerprint density at radius 3 is 2.67 bits per heavy atom. The number of hydrogen-bond donors (Lipinski definition) is 1. The van der Waals surface area contributed by atoms with E-state index >= 15 is 0 Å². The Hall–Kier alpha value is -1.09. The summed E-state index contributed by atoms with van der Waals surface area (Å²) >= 11 is 5.99. The molecule has 1 saturated carbocycles. The summed E-state index contributed by atoms with van der Waals surface area (Å²) in [6.45, 7) is 4.25. The van der Waals surface area contributed by atoms with Gasteiger partial charge in [0.15, 0.2) is 0 Å². The minimum absolute atomic E-state index is 0.0194. The number of rotatable bonds is 3. The van der Waals surface area contributed by atoms with Gasteiger partial charge in [0.05, 0.1) is 16.7 Å². The summed E-state index contributed by atoms with van der Waals surface area (Å²) < 4.78 is 27.8. The summed E-state index contributed by atoms with van der Waals surface area (Å²) in [4.78, 5) is -0.0194. The number of nitrogens with zero attached hydrogens (tertiary/aromatic N) is 1. The van der Waals surface area contributed by atoms with Crippen molar-refractivity contribution in [2.24, 2.45) is 11.8 Å². The first-order valence-electron chi connectivity index (χ1n) is 7.05. The fourth-order valence-electron chi connectivity index (χ4n) is 2.88. The lowest BCUT2D eigenvalue weighted by molar-refractivity contribution is 0.249. The molecule has 1 aliphatic carbocycles. The van der Waals surface area contributed by atoms with Crippen molar-refractivity contribution in [2.75, 3.05) is 0 Å². The normalized spacial score (nSPS) is 26.3. The minimum atomic E-state index is -3.71. The van der Waals surface area contributed by atoms with Crippen molar-refractivity contribution >= 4 is 21.6 Å². The van der Waals surface area contributed by atoms with Crippen molar-refractivity contribution in [1.29, 1.82) is 5.26 Å². The molecule has 1 N–H and O–H groups in total. The van der Waals surface area contributed by atoms with Crippen LogP contribution in [0.5, 0.6) is 0 Å². The third kappa shape index (κ3) is 3.76. The van der Waals surface area contributed by atoms with Crippen LogP contribution in [0.15, 0.2) is 23.1 Å². The fourth-order valence-corrected chi connectivity index (χ4v) is 4.79. The summed E-state index contributed by atoms with van der Waals surface area (Å²) in [6, 6.07) is 6.13. The van der Waals surface area contributed by atoms with E-state index in [1.165, 1.54) is 18.2 Å². The van der Waals surface area contributed by atoms with Crippen molar-refractivity contribution in [3.63, 3.8) is 0 Å². The molecule has 0 saturated heterocycles. The molecule has 1 aromatic carbocycles. The summed E-state index contributed by atoms with van der Waals surface area (Å²) in [5, 5.41) is 9.04. The van der Waals surface area contributed by atoms with Gasteiger partial charge in [-0.1, -0.05) is 25.4 Å². The van der Waals surface area contributed by atoms with E-state index in [2.05, 4.69) is 18.6 Å². The van der Waals surface area contributed by atoms with E-state index in [1.54, 1.807) is 0 Å². The van der Waals surface area contributed by atoms with E-state index in [4.69, 9.17) is 16.9 Å². The average Bonchev–Trinajstić information content (AvgIpc) is 2.42. The summed E-state index contributed by atoms with van der Waals surface area (Å²) in [5.41, 5.74) is 0.282. The number of hydrogen-bond acceptors (Lipinski definition) is 3. The largest absolute Gasteiger partial charge is 0.242 e. The third-order valence-corrected chi connectivity index (χ3v) is 6.06. The molecule has 1 aromatic rings. The highest BCUT2D eigenvalue weighted by Gasteiger charge is 2.30. The standard InChI is InChI=1S/C15H19ClN2O2S/c1-10-3-6-14(11(2)7-10)18-21(19,20)15-8-12(9-17)4-5-13(15)16/h4-5,8,10-11,14,18H,3,6-7H2,1-2H3. The van der Waals surface area contributed by atoms with E-state index in [9.17, 15) is 8.42 Å². The molecule has 3 atom stereocenters. The molecule has 4 nitrogen and oxygen atoms in total. The van der Waals surface area contributed by atoms with E-state index in [0.29, 0.717) is 11.8 Å². The Bertz CT molecular complexity index is 667. The van der Waals surface area contributed by atoms with Gasteiger partial charge in [0.25, 0.3) is 0 Å². The van der Waals surface area contributed by atoms with E-state index < -0.39 is 10.0 Å². The Morgan fingerprint density at radius 1 is 1.33 bits per heavy atom. The molecule has 3 unspecified atom stereocenters. The van der Waals surface area contributed by atoms with Crippen LogP contribution >= 0.6 is 11.6 Å². The molecule has 21 heavy (non-hydrogen) atoms. The molecule has 6 heteroatoms. The van der Waals surface area contributed by atoms with Gasteiger partial charge in [0.2, 0.25) is 10.0 Å². The first-order valence-corrected chi connectivity index (χ1v) is 8.91. The van der Waals surface area contributed by atoms with E-state index in [-0.39, 0.29) is 21.5 Å². The van der Waals surface area contributed by atoms with Crippen molar-refractivity contribution in [3.05, 3.63) is 28.8 Å². The zero-order chi connectivity index (χ0) is 15.6. The van der Waals surface area contributed by atoms with Gasteiger partial charge in [-0.3, -0.25) is 0 Å². The SMILES string of the molecule is CC1CCC(NS(=O)(=O)c2cc(C#N)ccc2Cl)C(C)C1. The molecule has 1 fully saturated rings. The van der Waals surface area contributed by atoms with Gasteiger partial charge in [0, 0.05) is 6.04 Å². The Kier molecular flexibility index (Phi) is 4.92. The second-order valence-electron chi connectivity index (χ2n) is 5.88. The second kappa shape index (κ2) is 6.35. The first-order chi connectivity index (χ1) is 9.83. The van der Waals surface area contributed by atoms with Crippen LogP contribution in [0.2, 0.25) is 5.02 Å². The fraction of sp³-hybridized carbons (Fsp3) is 0.533. The number of nitriles is 1. The number of halogens is 1. The molecule has 1 aliphatic rings. The van der Waals surface area contributed by atoms with Crippen molar-refractivity contribution in [2.45, 2.75) is 44.0 Å². The van der Waals surface area contributed by atoms with Crippen LogP contribution in [-0.2, 0) is 10.0 Å². The molecule has 0 aromatic heterocycles. The number of sulfonamides is 1. The van der Waals surface area contributed by atoms with Crippen molar-refractivity contribution in [3.8, 4) is 6.07 Å². The van der Waals surface area contributed by atoms with Crippen LogP contribution in [0.4, 0.5) is 0 Å². The highest BCUT2D eigenvalue weighted by Crippen LogP contribution is 2.30. The van der Waals surface area contributed by atoms with Gasteiger partial charge in [0.1, 0.15) is 4.90 Å². The second-order valence-corrected chi connectivity index (χ2v) is 7.97. The maximum absolute atomic E-state index is 12.5. The van der Waals surface area contributed by atoms with Crippen LogP contribution in [0.25, 0.3) is 0 Å². The maximum atomic E-state index is 12.5. The van der Waals surface area contributed by atoms with Crippen LogP contribution in [0.1, 0.15) is 38.7 Å². The van der Waals surface area contributed by atoms with E-state index in [1.807, 2.05) is 6.07 Å². The molecule has 0 spiro atoms. The summed E-state index contributed by atoms with van der Waals surface area (Å²) in [6.07, 6.45) is 2.86. The van der Waals surface area contributed by atoms with E-state index in [0.717, 1.165) is 19.3 Å². The molecule has 0 amide bonds. The van der Waals surface area contributed by atoms with Gasteiger partial charge in [-0.05, 0) is 49.3 Å². The average molecular weight is 327 g/mol. The first kappa shape index (κ1) is 16.3. The monoisotopic (exact) mass is 326 g/mol. The molecule has 0 heterocycles. The molecular weight excluding hydrogens is 308 g/mol. The van der Waals surface area contributed by atoms with Gasteiger partial charge >= 0.3 is 0 Å². The van der Waals surface area contributed by atoms with Crippen LogP contribution in [0, 0.1) is 23.2 Å². The third-order valence-electron chi connectivity index (χ3n) is 4.09. The Balaban J connectivity index is 2.25. The lowest BCUT2D eigenvalue weighted by atomic mass is 9.80. The Morgan fingerprint density at radius 2 is 2.05 bits per heavy atom. The summed E-state index contributed by atoms with van der Waals surface area (Å²) in [5.74, 6) is 0.924. The predicted molar refractivity (Wildman–Crippen MR) is 82.5 cm³/mol. The zero-order valence-electron chi connectivity index (χ0n) is 12.1. The van der Waals surface area contributed by atoms with Crippen LogP contribution < -0.4 is 4.72 Å². The molecule has 0 aliphatic heterocycles. The molecular formula is C15H19ClN2O2S. The van der Waals surface area contributed by atoms with Gasteiger partial charge in [-0.2, -0.15) is 5.26 Å². The zero-order valence-corrected chi connectivity index (χ0v) is 13.7. The highest BCUT2D eigenvalue weighted by atomic mass is 35.5. The van der Waals surface area contributed by atoms with Crippen molar-refractivity contribution < 1.29 is 8.42 Å². The van der Waals surface area contributed by atoms with Crippen molar-refractivity contribution in [1.82, 2.24) is 4.72 Å². The van der Waals surface area contributed by atoms with Crippen LogP contribution in [0.3, 0.4) is 0 Å². The molecule has 114 valence electrons. The quantitative estimate of drug-likeness (QED) is 0.926. The molecule has 0 radical (unpaired) electrons. The molecule has 0 bridgehead atoms. The topological polar surface area (TPSA) is 70.0 Å². The Labute approximate surface area is 131 Å². The molecule has 2 rings (SSSR count). The smallest absolute Gasteiger partial charge is 0.208 e. The van der Waals surface area contributed by atoms with Gasteiger partial charge in [-0.25, -0.2) is 13.1 Å². The van der Waals surface area contributed by atoms with Gasteiger partial charge in [-0.15, -0.1) is 0 Å². The predicted octanol–water partition coefficient (Wildman–Crippen LogP) is 3.31. The van der Waals surface area contributed by atoms with Crippen LogP contribution in [-0.4, -0.2) is 14.5 Å². The highest BCUT2D eigenvalue weighted by molar-refractivity contribution is 7.89. The number of benzene rings is 1.